The summed E-state index contributed by atoms with van der Waals surface area (Å²) in [5, 5.41) is 14.1. The van der Waals surface area contributed by atoms with Gasteiger partial charge in [0.05, 0.1) is 5.69 Å². The van der Waals surface area contributed by atoms with E-state index in [0.717, 1.165) is 31.2 Å². The molecule has 9 heteroatoms. The zero-order valence-electron chi connectivity index (χ0n) is 18.1. The smallest absolute Gasteiger partial charge is 0.303 e. The van der Waals surface area contributed by atoms with Gasteiger partial charge in [0.25, 0.3) is 0 Å². The van der Waals surface area contributed by atoms with Crippen molar-refractivity contribution in [3.05, 3.63) is 65.7 Å². The minimum absolute atomic E-state index is 0.0153. The van der Waals surface area contributed by atoms with Gasteiger partial charge in [-0.3, -0.25) is 14.5 Å². The third kappa shape index (κ3) is 4.60. The number of carbonyl (C=O) groups excluding carboxylic acids is 2. The molecule has 0 spiro atoms. The molecular weight excluding hydrogens is 423 g/mol. The average Bonchev–Trinajstić information content (AvgIpc) is 3.52. The molecule has 1 N–H and O–H groups in total. The second-order valence-electron chi connectivity index (χ2n) is 7.96. The van der Waals surface area contributed by atoms with Crippen LogP contribution in [-0.2, 0) is 9.59 Å². The van der Waals surface area contributed by atoms with Crippen molar-refractivity contribution < 1.29 is 14.0 Å². The molecule has 2 aromatic carbocycles. The lowest BCUT2D eigenvalue weighted by molar-refractivity contribution is -0.125. The van der Waals surface area contributed by atoms with E-state index in [-0.39, 0.29) is 11.6 Å². The molecule has 0 saturated heterocycles. The summed E-state index contributed by atoms with van der Waals surface area (Å²) >= 11 is 0. The molecule has 1 aromatic heterocycles. The summed E-state index contributed by atoms with van der Waals surface area (Å²) in [5.41, 5.74) is 1.86. The minimum Gasteiger partial charge on any atom is -0.351 e. The van der Waals surface area contributed by atoms with Crippen LogP contribution in [0.1, 0.15) is 42.9 Å². The van der Waals surface area contributed by atoms with Gasteiger partial charge in [-0.15, -0.1) is 11.5 Å². The molecule has 0 aliphatic heterocycles. The van der Waals surface area contributed by atoms with Crippen molar-refractivity contribution in [3.8, 4) is 18.0 Å². The number of rotatable bonds is 6. The molecule has 1 aliphatic carbocycles. The number of nitrogens with one attached hydrogen (secondary N) is 1. The van der Waals surface area contributed by atoms with E-state index in [1.807, 2.05) is 6.92 Å². The number of anilines is 1. The molecule has 1 fully saturated rings. The predicted molar refractivity (Wildman–Crippen MR) is 120 cm³/mol. The lowest BCUT2D eigenvalue weighted by Crippen LogP contribution is -2.46. The van der Waals surface area contributed by atoms with Crippen molar-refractivity contribution in [2.45, 2.75) is 44.7 Å². The quantitative estimate of drug-likeness (QED) is 0.588. The summed E-state index contributed by atoms with van der Waals surface area (Å²) in [6.45, 7) is 1.82. The number of halogens is 1. The molecule has 2 amide bonds. The number of terminal acetylenes is 1. The first-order valence-corrected chi connectivity index (χ1v) is 10.7. The topological polar surface area (TPSA) is 93.0 Å². The summed E-state index contributed by atoms with van der Waals surface area (Å²) in [5.74, 6) is 0.269. The highest BCUT2D eigenvalue weighted by molar-refractivity contribution is 6.09. The number of carbonyl (C=O) groups is 2. The Bertz CT molecular complexity index is 1200. The molecule has 3 aromatic rings. The summed E-state index contributed by atoms with van der Waals surface area (Å²) in [6.07, 6.45) is 10.6. The lowest BCUT2D eigenvalue weighted by atomic mass is 10.0. The molecule has 33 heavy (non-hydrogen) atoms. The third-order valence-corrected chi connectivity index (χ3v) is 5.80. The molecule has 1 atom stereocenters. The van der Waals surface area contributed by atoms with Crippen molar-refractivity contribution in [3.63, 3.8) is 0 Å². The normalized spacial score (nSPS) is 14.5. The van der Waals surface area contributed by atoms with E-state index in [1.165, 1.54) is 34.1 Å². The zero-order valence-corrected chi connectivity index (χ0v) is 18.1. The first kappa shape index (κ1) is 22.1. The molecule has 1 heterocycles. The van der Waals surface area contributed by atoms with Crippen LogP contribution in [-0.4, -0.2) is 38.1 Å². The van der Waals surface area contributed by atoms with Crippen LogP contribution in [0.15, 0.2) is 48.8 Å². The Morgan fingerprint density at radius 3 is 2.64 bits per heavy atom. The highest BCUT2D eigenvalue weighted by Gasteiger charge is 2.35. The SMILES string of the molecule is C#CC(=O)N(c1ccc(-n2cnnn2)c(C)c1)[C@H](C(=O)NC1CCCC1)c1ccccc1F. The fraction of sp³-hybridized carbons (Fsp3) is 0.292. The number of benzene rings is 2. The predicted octanol–water partition coefficient (Wildman–Crippen LogP) is 2.88. The van der Waals surface area contributed by atoms with E-state index in [2.05, 4.69) is 26.8 Å². The molecule has 8 nitrogen and oxygen atoms in total. The average molecular weight is 446 g/mol. The maximum absolute atomic E-state index is 14.9. The van der Waals surface area contributed by atoms with E-state index in [9.17, 15) is 14.0 Å². The Balaban J connectivity index is 1.79. The van der Waals surface area contributed by atoms with Crippen LogP contribution < -0.4 is 10.2 Å². The van der Waals surface area contributed by atoms with E-state index < -0.39 is 23.7 Å². The molecule has 1 saturated carbocycles. The summed E-state index contributed by atoms with van der Waals surface area (Å²) in [7, 11) is 0. The van der Waals surface area contributed by atoms with Crippen LogP contribution in [0.4, 0.5) is 10.1 Å². The number of tetrazole rings is 1. The van der Waals surface area contributed by atoms with Gasteiger partial charge in [0.2, 0.25) is 5.91 Å². The van der Waals surface area contributed by atoms with E-state index >= 15 is 0 Å². The van der Waals surface area contributed by atoms with Gasteiger partial charge in [0.15, 0.2) is 0 Å². The van der Waals surface area contributed by atoms with Crippen LogP contribution in [0.3, 0.4) is 0 Å². The van der Waals surface area contributed by atoms with Gasteiger partial charge in [0, 0.05) is 17.3 Å². The minimum atomic E-state index is -1.27. The van der Waals surface area contributed by atoms with Gasteiger partial charge in [-0.05, 0) is 65.9 Å². The Labute approximate surface area is 190 Å². The fourth-order valence-electron chi connectivity index (χ4n) is 4.22. The van der Waals surface area contributed by atoms with Gasteiger partial charge in [-0.1, -0.05) is 31.0 Å². The second kappa shape index (κ2) is 9.61. The highest BCUT2D eigenvalue weighted by atomic mass is 19.1. The number of hydrogen-bond donors (Lipinski definition) is 1. The van der Waals surface area contributed by atoms with Gasteiger partial charge >= 0.3 is 5.91 Å². The highest BCUT2D eigenvalue weighted by Crippen LogP contribution is 2.32. The molecule has 168 valence electrons. The Hall–Kier alpha value is -4.06. The summed E-state index contributed by atoms with van der Waals surface area (Å²) in [6, 6.07) is 9.67. The molecule has 0 bridgehead atoms. The van der Waals surface area contributed by atoms with Gasteiger partial charge < -0.3 is 5.32 Å². The van der Waals surface area contributed by atoms with Crippen molar-refractivity contribution in [1.82, 2.24) is 25.5 Å². The van der Waals surface area contributed by atoms with Crippen molar-refractivity contribution in [2.24, 2.45) is 0 Å². The summed E-state index contributed by atoms with van der Waals surface area (Å²) < 4.78 is 16.4. The monoisotopic (exact) mass is 446 g/mol. The molecule has 0 unspecified atom stereocenters. The Morgan fingerprint density at radius 1 is 1.24 bits per heavy atom. The van der Waals surface area contributed by atoms with Crippen LogP contribution in [0.25, 0.3) is 5.69 Å². The number of aryl methyl sites for hydroxylation is 1. The number of amides is 2. The van der Waals surface area contributed by atoms with Crippen molar-refractivity contribution in [2.75, 3.05) is 4.90 Å². The summed E-state index contributed by atoms with van der Waals surface area (Å²) in [4.78, 5) is 27.6. The van der Waals surface area contributed by atoms with Crippen molar-refractivity contribution >= 4 is 17.5 Å². The lowest BCUT2D eigenvalue weighted by Gasteiger charge is -2.31. The molecule has 0 radical (unpaired) electrons. The first-order valence-electron chi connectivity index (χ1n) is 10.7. The standard InChI is InChI=1S/C24H23FN6O2/c1-3-22(32)31(18-12-13-21(16(2)14-18)30-15-26-28-29-30)23(19-10-6-7-11-20(19)25)24(33)27-17-8-4-5-9-17/h1,6-7,10-15,17,23H,4-5,8-9H2,2H3,(H,27,33)/t23-/m0/s1. The van der Waals surface area contributed by atoms with Crippen molar-refractivity contribution in [1.29, 1.82) is 0 Å². The van der Waals surface area contributed by atoms with Gasteiger partial charge in [-0.2, -0.15) is 0 Å². The second-order valence-corrected chi connectivity index (χ2v) is 7.96. The number of hydrogen-bond acceptors (Lipinski definition) is 5. The van der Waals surface area contributed by atoms with Crippen LogP contribution >= 0.6 is 0 Å². The molecular formula is C24H23FN6O2. The number of nitrogens with zero attached hydrogens (tertiary/aromatic N) is 5. The third-order valence-electron chi connectivity index (χ3n) is 5.80. The van der Waals surface area contributed by atoms with E-state index in [0.29, 0.717) is 11.4 Å². The van der Waals surface area contributed by atoms with Crippen LogP contribution in [0.2, 0.25) is 0 Å². The van der Waals surface area contributed by atoms with Gasteiger partial charge in [0.1, 0.15) is 18.2 Å². The number of aromatic nitrogens is 4. The Kier molecular flexibility index (Phi) is 6.45. The molecule has 4 rings (SSSR count). The fourth-order valence-corrected chi connectivity index (χ4v) is 4.22. The Morgan fingerprint density at radius 2 is 2.00 bits per heavy atom. The van der Waals surface area contributed by atoms with Crippen LogP contribution in [0.5, 0.6) is 0 Å². The van der Waals surface area contributed by atoms with E-state index in [1.54, 1.807) is 24.3 Å². The first-order chi connectivity index (χ1) is 16.0. The zero-order chi connectivity index (χ0) is 23.4. The van der Waals surface area contributed by atoms with E-state index in [4.69, 9.17) is 6.42 Å². The maximum Gasteiger partial charge on any atom is 0.303 e. The van der Waals surface area contributed by atoms with Crippen LogP contribution in [0, 0.1) is 25.1 Å². The van der Waals surface area contributed by atoms with Gasteiger partial charge in [-0.25, -0.2) is 9.07 Å². The molecule has 1 aliphatic rings. The maximum atomic E-state index is 14.9. The largest absolute Gasteiger partial charge is 0.351 e.